The van der Waals surface area contributed by atoms with Gasteiger partial charge in [-0.2, -0.15) is 18.3 Å². The molecule has 0 bridgehead atoms. The molecule has 26 heavy (non-hydrogen) atoms. The molecule has 0 amide bonds. The number of halogens is 5. The van der Waals surface area contributed by atoms with Gasteiger partial charge in [0.15, 0.2) is 17.3 Å². The second kappa shape index (κ2) is 6.62. The molecule has 11 heteroatoms. The number of hydrogen-bond acceptors (Lipinski definition) is 3. The van der Waals surface area contributed by atoms with Crippen LogP contribution < -0.4 is 4.72 Å². The van der Waals surface area contributed by atoms with E-state index < -0.39 is 38.4 Å². The first-order valence-corrected chi connectivity index (χ1v) is 9.16. The second-order valence-electron chi connectivity index (χ2n) is 5.92. The highest BCUT2D eigenvalue weighted by Gasteiger charge is 2.37. The van der Waals surface area contributed by atoms with Crippen LogP contribution in [0.1, 0.15) is 30.1 Å². The van der Waals surface area contributed by atoms with Gasteiger partial charge < -0.3 is 0 Å². The van der Waals surface area contributed by atoms with Crippen molar-refractivity contribution in [3.63, 3.8) is 0 Å². The minimum absolute atomic E-state index is 0.0126. The van der Waals surface area contributed by atoms with Gasteiger partial charge in [-0.1, -0.05) is 0 Å². The number of benzene rings is 1. The molecule has 1 aliphatic rings. The van der Waals surface area contributed by atoms with Gasteiger partial charge in [-0.25, -0.2) is 21.9 Å². The third-order valence-corrected chi connectivity index (χ3v) is 5.37. The van der Waals surface area contributed by atoms with E-state index in [1.807, 2.05) is 0 Å². The Bertz CT molecular complexity index is 920. The Morgan fingerprint density at radius 3 is 2.42 bits per heavy atom. The van der Waals surface area contributed by atoms with E-state index in [0.29, 0.717) is 17.8 Å². The first-order chi connectivity index (χ1) is 12.1. The third-order valence-electron chi connectivity index (χ3n) is 3.91. The van der Waals surface area contributed by atoms with Crippen molar-refractivity contribution in [1.82, 2.24) is 14.5 Å². The van der Waals surface area contributed by atoms with E-state index in [9.17, 15) is 30.4 Å². The summed E-state index contributed by atoms with van der Waals surface area (Å²) >= 11 is 0. The lowest BCUT2D eigenvalue weighted by Gasteiger charge is -2.09. The van der Waals surface area contributed by atoms with Gasteiger partial charge >= 0.3 is 6.18 Å². The van der Waals surface area contributed by atoms with Crippen LogP contribution in [0.25, 0.3) is 0 Å². The Kier molecular flexibility index (Phi) is 4.78. The molecule has 1 saturated carbocycles. The van der Waals surface area contributed by atoms with Gasteiger partial charge in [0.25, 0.3) is 0 Å². The molecule has 0 aliphatic heterocycles. The molecule has 0 spiro atoms. The fourth-order valence-corrected chi connectivity index (χ4v) is 3.50. The van der Waals surface area contributed by atoms with Crippen LogP contribution in [0.5, 0.6) is 0 Å². The molecule has 1 N–H and O–H groups in total. The molecule has 1 fully saturated rings. The van der Waals surface area contributed by atoms with Crippen molar-refractivity contribution >= 4 is 10.0 Å². The zero-order valence-corrected chi connectivity index (χ0v) is 14.0. The van der Waals surface area contributed by atoms with Crippen LogP contribution in [-0.4, -0.2) is 24.7 Å². The van der Waals surface area contributed by atoms with Crippen LogP contribution in [0.15, 0.2) is 29.2 Å². The quantitative estimate of drug-likeness (QED) is 0.765. The molecule has 2 aromatic rings. The van der Waals surface area contributed by atoms with Crippen molar-refractivity contribution in [2.45, 2.75) is 36.4 Å². The number of hydrogen-bond donors (Lipinski definition) is 1. The number of aromatic nitrogens is 2. The molecule has 3 rings (SSSR count). The molecule has 0 atom stereocenters. The lowest BCUT2D eigenvalue weighted by molar-refractivity contribution is -0.141. The van der Waals surface area contributed by atoms with Crippen LogP contribution in [0.4, 0.5) is 22.0 Å². The third kappa shape index (κ3) is 4.04. The van der Waals surface area contributed by atoms with Crippen molar-refractivity contribution in [2.75, 3.05) is 6.54 Å². The summed E-state index contributed by atoms with van der Waals surface area (Å²) in [6, 6.07) is 3.08. The molecule has 5 nitrogen and oxygen atoms in total. The Hall–Kier alpha value is -2.01. The monoisotopic (exact) mass is 395 g/mol. The molecule has 1 aliphatic carbocycles. The summed E-state index contributed by atoms with van der Waals surface area (Å²) < 4.78 is 91.9. The Morgan fingerprint density at radius 2 is 1.85 bits per heavy atom. The van der Waals surface area contributed by atoms with Gasteiger partial charge in [0, 0.05) is 18.2 Å². The lowest BCUT2D eigenvalue weighted by atomic mass is 10.2. The van der Waals surface area contributed by atoms with Crippen LogP contribution in [0.3, 0.4) is 0 Å². The summed E-state index contributed by atoms with van der Waals surface area (Å²) in [6.07, 6.45) is -3.08. The van der Waals surface area contributed by atoms with Gasteiger partial charge in [0.2, 0.25) is 10.0 Å². The minimum Gasteiger partial charge on any atom is -0.267 e. The van der Waals surface area contributed by atoms with E-state index in [0.717, 1.165) is 29.7 Å². The van der Waals surface area contributed by atoms with Gasteiger partial charge in [-0.3, -0.25) is 4.68 Å². The van der Waals surface area contributed by atoms with Gasteiger partial charge in [0.05, 0.1) is 11.4 Å². The van der Waals surface area contributed by atoms with E-state index in [-0.39, 0.29) is 19.0 Å². The largest absolute Gasteiger partial charge is 0.435 e. The van der Waals surface area contributed by atoms with Crippen LogP contribution in [-0.2, 0) is 22.7 Å². The SMILES string of the molecule is O=S(=O)(NCCn1nc(C(F)(F)F)cc1C1CC1)c1ccc(F)c(F)c1. The standard InChI is InChI=1S/C15H14F5N3O2S/c16-11-4-3-10(7-12(11)17)26(24,25)21-5-6-23-13(9-1-2-9)8-14(22-23)15(18,19)20/h3-4,7-9,21H,1-2,5-6H2. The topological polar surface area (TPSA) is 64.0 Å². The van der Waals surface area contributed by atoms with Gasteiger partial charge in [0.1, 0.15) is 0 Å². The minimum atomic E-state index is -4.58. The molecule has 0 radical (unpaired) electrons. The molecule has 0 unspecified atom stereocenters. The van der Waals surface area contributed by atoms with Crippen LogP contribution in [0.2, 0.25) is 0 Å². The number of sulfonamides is 1. The first-order valence-electron chi connectivity index (χ1n) is 7.67. The molecular formula is C15H14F5N3O2S. The smallest absolute Gasteiger partial charge is 0.267 e. The van der Waals surface area contributed by atoms with E-state index in [1.165, 1.54) is 0 Å². The van der Waals surface area contributed by atoms with Crippen molar-refractivity contribution in [1.29, 1.82) is 0 Å². The van der Waals surface area contributed by atoms with Gasteiger partial charge in [-0.15, -0.1) is 0 Å². The zero-order chi connectivity index (χ0) is 19.1. The van der Waals surface area contributed by atoms with E-state index >= 15 is 0 Å². The van der Waals surface area contributed by atoms with E-state index in [2.05, 4.69) is 9.82 Å². The summed E-state index contributed by atoms with van der Waals surface area (Å²) in [4.78, 5) is -0.477. The first kappa shape index (κ1) is 18.8. The molecule has 1 aromatic heterocycles. The predicted octanol–water partition coefficient (Wildman–Crippen LogP) is 3.04. The fourth-order valence-electron chi connectivity index (χ4n) is 2.47. The Morgan fingerprint density at radius 1 is 1.15 bits per heavy atom. The lowest BCUT2D eigenvalue weighted by Crippen LogP contribution is -2.28. The Labute approximate surface area is 145 Å². The number of alkyl halides is 3. The summed E-state index contributed by atoms with van der Waals surface area (Å²) in [6.45, 7) is -0.370. The van der Waals surface area contributed by atoms with Crippen molar-refractivity contribution in [3.8, 4) is 0 Å². The highest BCUT2D eigenvalue weighted by Crippen LogP contribution is 2.42. The summed E-state index contributed by atoms with van der Waals surface area (Å²) in [5, 5.41) is 3.51. The maximum Gasteiger partial charge on any atom is 0.435 e. The summed E-state index contributed by atoms with van der Waals surface area (Å²) in [7, 11) is -4.13. The highest BCUT2D eigenvalue weighted by molar-refractivity contribution is 7.89. The second-order valence-corrected chi connectivity index (χ2v) is 7.69. The molecule has 142 valence electrons. The summed E-state index contributed by atoms with van der Waals surface area (Å²) in [5.74, 6) is -2.51. The Balaban J connectivity index is 1.71. The fraction of sp³-hybridized carbons (Fsp3) is 0.400. The maximum absolute atomic E-state index is 13.2. The highest BCUT2D eigenvalue weighted by atomic mass is 32.2. The van der Waals surface area contributed by atoms with Gasteiger partial charge in [-0.05, 0) is 37.1 Å². The molecule has 1 heterocycles. The normalized spacial score (nSPS) is 15.4. The molecule has 1 aromatic carbocycles. The number of nitrogens with one attached hydrogen (secondary N) is 1. The number of rotatable bonds is 6. The van der Waals surface area contributed by atoms with Crippen LogP contribution in [0, 0.1) is 11.6 Å². The van der Waals surface area contributed by atoms with E-state index in [4.69, 9.17) is 0 Å². The van der Waals surface area contributed by atoms with Crippen molar-refractivity contribution in [2.24, 2.45) is 0 Å². The zero-order valence-electron chi connectivity index (χ0n) is 13.2. The van der Waals surface area contributed by atoms with Crippen LogP contribution >= 0.6 is 0 Å². The maximum atomic E-state index is 13.2. The van der Waals surface area contributed by atoms with Crippen molar-refractivity contribution < 1.29 is 30.4 Å². The average Bonchev–Trinajstić information content (AvgIpc) is 3.29. The average molecular weight is 395 g/mol. The summed E-state index contributed by atoms with van der Waals surface area (Å²) in [5.41, 5.74) is -0.618. The molecular weight excluding hydrogens is 381 g/mol. The molecule has 0 saturated heterocycles. The van der Waals surface area contributed by atoms with E-state index in [1.54, 1.807) is 0 Å². The predicted molar refractivity (Wildman–Crippen MR) is 80.8 cm³/mol. The number of nitrogens with zero attached hydrogens (tertiary/aromatic N) is 2. The van der Waals surface area contributed by atoms with Crippen molar-refractivity contribution in [3.05, 3.63) is 47.3 Å².